The van der Waals surface area contributed by atoms with Crippen molar-refractivity contribution in [2.24, 2.45) is 0 Å². The van der Waals surface area contributed by atoms with Crippen LogP contribution < -0.4 is 5.73 Å². The van der Waals surface area contributed by atoms with Gasteiger partial charge in [0.15, 0.2) is 5.82 Å². The van der Waals surface area contributed by atoms with Gasteiger partial charge in [0.25, 0.3) is 0 Å². The molecule has 0 spiro atoms. The minimum Gasteiger partial charge on any atom is -0.398 e. The number of nitrogen functional groups attached to an aromatic ring is 1. The highest BCUT2D eigenvalue weighted by Crippen LogP contribution is 2.28. The van der Waals surface area contributed by atoms with Crippen LogP contribution in [0.3, 0.4) is 0 Å². The topological polar surface area (TPSA) is 69.6 Å². The van der Waals surface area contributed by atoms with Crippen LogP contribution in [0.4, 0.5) is 10.1 Å². The summed E-state index contributed by atoms with van der Waals surface area (Å²) in [5, 5.41) is 11.9. The van der Waals surface area contributed by atoms with E-state index >= 15 is 0 Å². The van der Waals surface area contributed by atoms with Crippen LogP contribution in [0.5, 0.6) is 0 Å². The van der Waals surface area contributed by atoms with E-state index in [1.165, 1.54) is 10.7 Å². The Morgan fingerprint density at radius 3 is 2.76 bits per heavy atom. The Balaban J connectivity index is 2.19. The minimum absolute atomic E-state index is 0.268. The molecule has 0 aliphatic carbocycles. The van der Waals surface area contributed by atoms with Crippen LogP contribution in [0, 0.1) is 12.7 Å². The fourth-order valence-electron chi connectivity index (χ4n) is 2.04. The van der Waals surface area contributed by atoms with Crippen LogP contribution in [0.25, 0.3) is 17.1 Å². The standard InChI is InChI=1S/C14H11ClFN5/c1-8-2-5-11(16)13(6-8)21-14(18-19-20-21)10-4-3-9(15)7-12(10)17/h2-7H,17H2,1H3. The number of nitrogens with two attached hydrogens (primary N) is 1. The lowest BCUT2D eigenvalue weighted by molar-refractivity contribution is 0.607. The van der Waals surface area contributed by atoms with E-state index in [0.717, 1.165) is 5.56 Å². The quantitative estimate of drug-likeness (QED) is 0.739. The average molecular weight is 304 g/mol. The maximum atomic E-state index is 14.0. The number of aromatic nitrogens is 4. The maximum absolute atomic E-state index is 14.0. The molecule has 3 aromatic rings. The summed E-state index contributed by atoms with van der Waals surface area (Å²) < 4.78 is 15.3. The molecule has 0 atom stereocenters. The SMILES string of the molecule is Cc1ccc(F)c(-n2nnnc2-c2ccc(Cl)cc2N)c1. The van der Waals surface area contributed by atoms with Gasteiger partial charge in [-0.25, -0.2) is 4.39 Å². The monoisotopic (exact) mass is 303 g/mol. The molecule has 0 aliphatic rings. The molecule has 106 valence electrons. The van der Waals surface area contributed by atoms with Crippen molar-refractivity contribution in [3.63, 3.8) is 0 Å². The van der Waals surface area contributed by atoms with Gasteiger partial charge in [-0.1, -0.05) is 17.7 Å². The number of tetrazole rings is 1. The Morgan fingerprint density at radius 2 is 2.00 bits per heavy atom. The van der Waals surface area contributed by atoms with Crippen LogP contribution >= 0.6 is 11.6 Å². The van der Waals surface area contributed by atoms with Gasteiger partial charge in [0.05, 0.1) is 0 Å². The van der Waals surface area contributed by atoms with Gasteiger partial charge in [0.2, 0.25) is 0 Å². The molecule has 0 amide bonds. The zero-order chi connectivity index (χ0) is 15.0. The predicted molar refractivity (Wildman–Crippen MR) is 78.7 cm³/mol. The molecule has 0 radical (unpaired) electrons. The number of hydrogen-bond donors (Lipinski definition) is 1. The van der Waals surface area contributed by atoms with Crippen molar-refractivity contribution in [1.82, 2.24) is 20.2 Å². The molecule has 2 aromatic carbocycles. The van der Waals surface area contributed by atoms with E-state index < -0.39 is 5.82 Å². The van der Waals surface area contributed by atoms with Crippen molar-refractivity contribution in [1.29, 1.82) is 0 Å². The second-order valence-electron chi connectivity index (χ2n) is 4.60. The Bertz CT molecular complexity index is 815. The molecule has 0 bridgehead atoms. The molecular weight excluding hydrogens is 293 g/mol. The van der Waals surface area contributed by atoms with E-state index in [-0.39, 0.29) is 5.69 Å². The van der Waals surface area contributed by atoms with E-state index in [2.05, 4.69) is 15.5 Å². The Morgan fingerprint density at radius 1 is 1.19 bits per heavy atom. The summed E-state index contributed by atoms with van der Waals surface area (Å²) >= 11 is 5.88. The van der Waals surface area contributed by atoms with Gasteiger partial charge < -0.3 is 5.73 Å². The van der Waals surface area contributed by atoms with Crippen molar-refractivity contribution in [2.75, 3.05) is 5.73 Å². The van der Waals surface area contributed by atoms with Crippen LogP contribution in [0.1, 0.15) is 5.56 Å². The molecule has 0 unspecified atom stereocenters. The average Bonchev–Trinajstić information content (AvgIpc) is 2.90. The second-order valence-corrected chi connectivity index (χ2v) is 5.04. The molecule has 3 rings (SSSR count). The third-order valence-electron chi connectivity index (χ3n) is 3.05. The predicted octanol–water partition coefficient (Wildman–Crippen LogP) is 3.01. The van der Waals surface area contributed by atoms with Crippen LogP contribution in [0.15, 0.2) is 36.4 Å². The number of rotatable bonds is 2. The molecule has 0 saturated heterocycles. The summed E-state index contributed by atoms with van der Waals surface area (Å²) in [5.41, 5.74) is 8.12. The first kappa shape index (κ1) is 13.5. The summed E-state index contributed by atoms with van der Waals surface area (Å²) in [6, 6.07) is 9.71. The Hall–Kier alpha value is -2.47. The van der Waals surface area contributed by atoms with Gasteiger partial charge >= 0.3 is 0 Å². The van der Waals surface area contributed by atoms with Gasteiger partial charge in [0, 0.05) is 16.3 Å². The highest BCUT2D eigenvalue weighted by atomic mass is 35.5. The molecule has 21 heavy (non-hydrogen) atoms. The fraction of sp³-hybridized carbons (Fsp3) is 0.0714. The number of hydrogen-bond acceptors (Lipinski definition) is 4. The summed E-state index contributed by atoms with van der Waals surface area (Å²) in [7, 11) is 0. The smallest absolute Gasteiger partial charge is 0.189 e. The van der Waals surface area contributed by atoms with Crippen LogP contribution in [-0.2, 0) is 0 Å². The van der Waals surface area contributed by atoms with Crippen molar-refractivity contribution in [2.45, 2.75) is 6.92 Å². The van der Waals surface area contributed by atoms with Crippen molar-refractivity contribution in [3.8, 4) is 17.1 Å². The molecule has 2 N–H and O–H groups in total. The third kappa shape index (κ3) is 2.45. The lowest BCUT2D eigenvalue weighted by atomic mass is 10.1. The first-order chi connectivity index (χ1) is 10.1. The third-order valence-corrected chi connectivity index (χ3v) is 3.29. The highest BCUT2D eigenvalue weighted by molar-refractivity contribution is 6.31. The first-order valence-electron chi connectivity index (χ1n) is 6.16. The Kier molecular flexibility index (Phi) is 3.31. The molecule has 0 aliphatic heterocycles. The van der Waals surface area contributed by atoms with Crippen molar-refractivity contribution in [3.05, 3.63) is 52.8 Å². The van der Waals surface area contributed by atoms with E-state index in [9.17, 15) is 4.39 Å². The van der Waals surface area contributed by atoms with Crippen molar-refractivity contribution >= 4 is 17.3 Å². The number of nitrogens with zero attached hydrogens (tertiary/aromatic N) is 4. The second kappa shape index (κ2) is 5.14. The molecule has 7 heteroatoms. The van der Waals surface area contributed by atoms with E-state index in [1.807, 2.05) is 6.92 Å². The maximum Gasteiger partial charge on any atom is 0.189 e. The zero-order valence-corrected chi connectivity index (χ0v) is 11.8. The summed E-state index contributed by atoms with van der Waals surface area (Å²) in [5.74, 6) is -0.0599. The summed E-state index contributed by atoms with van der Waals surface area (Å²) in [6.45, 7) is 1.86. The van der Waals surface area contributed by atoms with E-state index in [0.29, 0.717) is 22.1 Å². The summed E-state index contributed by atoms with van der Waals surface area (Å²) in [6.07, 6.45) is 0. The molecular formula is C14H11ClFN5. The van der Waals surface area contributed by atoms with Gasteiger partial charge in [-0.15, -0.1) is 5.10 Å². The lowest BCUT2D eigenvalue weighted by Gasteiger charge is -2.08. The van der Waals surface area contributed by atoms with Gasteiger partial charge in [-0.05, 0) is 53.2 Å². The number of anilines is 1. The minimum atomic E-state index is -0.415. The highest BCUT2D eigenvalue weighted by Gasteiger charge is 2.16. The Labute approximate surface area is 125 Å². The lowest BCUT2D eigenvalue weighted by Crippen LogP contribution is -2.04. The first-order valence-corrected chi connectivity index (χ1v) is 6.54. The zero-order valence-electron chi connectivity index (χ0n) is 11.1. The number of halogens is 2. The molecule has 5 nitrogen and oxygen atoms in total. The van der Waals surface area contributed by atoms with Crippen LogP contribution in [0.2, 0.25) is 5.02 Å². The molecule has 0 saturated carbocycles. The fourth-order valence-corrected chi connectivity index (χ4v) is 2.22. The number of benzene rings is 2. The van der Waals surface area contributed by atoms with E-state index in [4.69, 9.17) is 17.3 Å². The summed E-state index contributed by atoms with van der Waals surface area (Å²) in [4.78, 5) is 0. The van der Waals surface area contributed by atoms with Gasteiger partial charge in [-0.3, -0.25) is 0 Å². The largest absolute Gasteiger partial charge is 0.398 e. The normalized spacial score (nSPS) is 10.8. The number of aryl methyl sites for hydroxylation is 1. The molecule has 1 heterocycles. The van der Waals surface area contributed by atoms with Crippen LogP contribution in [-0.4, -0.2) is 20.2 Å². The van der Waals surface area contributed by atoms with Crippen molar-refractivity contribution < 1.29 is 4.39 Å². The molecule has 0 fully saturated rings. The van der Waals surface area contributed by atoms with Gasteiger partial charge in [0.1, 0.15) is 11.5 Å². The molecule has 1 aromatic heterocycles. The van der Waals surface area contributed by atoms with E-state index in [1.54, 1.807) is 30.3 Å². The van der Waals surface area contributed by atoms with Gasteiger partial charge in [-0.2, -0.15) is 4.68 Å².